The normalized spacial score (nSPS) is 10.5. The molecule has 0 saturated carbocycles. The Morgan fingerprint density at radius 2 is 1.65 bits per heavy atom. The first-order chi connectivity index (χ1) is 15.0. The summed E-state index contributed by atoms with van der Waals surface area (Å²) in [4.78, 5) is 35.5. The zero-order valence-electron chi connectivity index (χ0n) is 17.0. The first-order valence-corrected chi connectivity index (χ1v) is 9.69. The van der Waals surface area contributed by atoms with Gasteiger partial charge in [0.05, 0.1) is 0 Å². The van der Waals surface area contributed by atoms with Crippen molar-refractivity contribution in [2.75, 3.05) is 5.32 Å². The standard InChI is InChI=1S/C25H22N2O4/c1-18(28)31-23-9-5-8-21(16-23)25(30)27-22-13-10-20(11-14-22)17-26-24(29)15-12-19-6-3-2-4-7-19/h2-16H,17H2,1H3,(H,26,29)(H,27,30)/b15-12+. The van der Waals surface area contributed by atoms with Gasteiger partial charge in [0.2, 0.25) is 5.91 Å². The Labute approximate surface area is 180 Å². The van der Waals surface area contributed by atoms with Crippen molar-refractivity contribution < 1.29 is 19.1 Å². The second-order valence-electron chi connectivity index (χ2n) is 6.73. The predicted octanol–water partition coefficient (Wildman–Crippen LogP) is 4.19. The van der Waals surface area contributed by atoms with Gasteiger partial charge in [-0.15, -0.1) is 0 Å². The summed E-state index contributed by atoms with van der Waals surface area (Å²) in [5.41, 5.74) is 2.84. The van der Waals surface area contributed by atoms with Gasteiger partial charge in [-0.2, -0.15) is 0 Å². The number of benzene rings is 3. The molecule has 31 heavy (non-hydrogen) atoms. The lowest BCUT2D eigenvalue weighted by atomic mass is 10.1. The number of hydrogen-bond acceptors (Lipinski definition) is 4. The Balaban J connectivity index is 1.52. The fourth-order valence-electron chi connectivity index (χ4n) is 2.76. The molecule has 0 saturated heterocycles. The number of nitrogens with one attached hydrogen (secondary N) is 2. The van der Waals surface area contributed by atoms with E-state index in [9.17, 15) is 14.4 Å². The van der Waals surface area contributed by atoms with E-state index in [1.54, 1.807) is 36.4 Å². The van der Waals surface area contributed by atoms with Gasteiger partial charge in [0.25, 0.3) is 5.91 Å². The van der Waals surface area contributed by atoms with E-state index in [0.717, 1.165) is 11.1 Å². The summed E-state index contributed by atoms with van der Waals surface area (Å²) >= 11 is 0. The van der Waals surface area contributed by atoms with E-state index in [-0.39, 0.29) is 11.8 Å². The highest BCUT2D eigenvalue weighted by molar-refractivity contribution is 6.04. The predicted molar refractivity (Wildman–Crippen MR) is 119 cm³/mol. The molecule has 0 radical (unpaired) electrons. The van der Waals surface area contributed by atoms with Gasteiger partial charge >= 0.3 is 5.97 Å². The minimum absolute atomic E-state index is 0.186. The van der Waals surface area contributed by atoms with Crippen molar-refractivity contribution in [1.82, 2.24) is 5.32 Å². The summed E-state index contributed by atoms with van der Waals surface area (Å²) in [6.07, 6.45) is 3.25. The van der Waals surface area contributed by atoms with Gasteiger partial charge in [0.15, 0.2) is 0 Å². The first-order valence-electron chi connectivity index (χ1n) is 9.69. The fraction of sp³-hybridized carbons (Fsp3) is 0.0800. The Kier molecular flexibility index (Phi) is 7.32. The average Bonchev–Trinajstić information content (AvgIpc) is 2.77. The first kappa shape index (κ1) is 21.5. The van der Waals surface area contributed by atoms with Crippen LogP contribution in [0.3, 0.4) is 0 Å². The Hall–Kier alpha value is -4.19. The minimum atomic E-state index is -0.448. The number of esters is 1. The molecule has 3 aromatic carbocycles. The van der Waals surface area contributed by atoms with Crippen LogP contribution in [-0.2, 0) is 16.1 Å². The maximum atomic E-state index is 12.4. The van der Waals surface area contributed by atoms with Crippen LogP contribution in [0.15, 0.2) is 84.9 Å². The highest BCUT2D eigenvalue weighted by atomic mass is 16.5. The lowest BCUT2D eigenvalue weighted by Gasteiger charge is -2.08. The molecule has 3 aromatic rings. The van der Waals surface area contributed by atoms with E-state index in [1.165, 1.54) is 19.1 Å². The van der Waals surface area contributed by atoms with E-state index >= 15 is 0 Å². The van der Waals surface area contributed by atoms with Crippen LogP contribution in [0, 0.1) is 0 Å². The molecule has 0 atom stereocenters. The van der Waals surface area contributed by atoms with Crippen molar-refractivity contribution in [3.8, 4) is 5.75 Å². The lowest BCUT2D eigenvalue weighted by molar-refractivity contribution is -0.131. The number of carbonyl (C=O) groups excluding carboxylic acids is 3. The second kappa shape index (κ2) is 10.5. The van der Waals surface area contributed by atoms with Crippen molar-refractivity contribution in [1.29, 1.82) is 0 Å². The summed E-state index contributed by atoms with van der Waals surface area (Å²) in [6.45, 7) is 1.67. The summed E-state index contributed by atoms with van der Waals surface area (Å²) in [6, 6.07) is 23.1. The summed E-state index contributed by atoms with van der Waals surface area (Å²) in [7, 11) is 0. The third-order valence-corrected chi connectivity index (χ3v) is 4.26. The highest BCUT2D eigenvalue weighted by Gasteiger charge is 2.08. The van der Waals surface area contributed by atoms with Crippen LogP contribution in [0.4, 0.5) is 5.69 Å². The molecule has 0 aliphatic rings. The number of amides is 2. The largest absolute Gasteiger partial charge is 0.427 e. The molecule has 0 aliphatic carbocycles. The lowest BCUT2D eigenvalue weighted by Crippen LogP contribution is -2.20. The van der Waals surface area contributed by atoms with Gasteiger partial charge in [-0.25, -0.2) is 0 Å². The smallest absolute Gasteiger partial charge is 0.308 e. The maximum absolute atomic E-state index is 12.4. The van der Waals surface area contributed by atoms with Gasteiger partial charge < -0.3 is 15.4 Å². The van der Waals surface area contributed by atoms with Crippen molar-refractivity contribution in [2.24, 2.45) is 0 Å². The van der Waals surface area contributed by atoms with Crippen LogP contribution in [-0.4, -0.2) is 17.8 Å². The molecule has 0 aliphatic heterocycles. The van der Waals surface area contributed by atoms with E-state index in [2.05, 4.69) is 10.6 Å². The molecule has 6 heteroatoms. The van der Waals surface area contributed by atoms with Crippen molar-refractivity contribution in [2.45, 2.75) is 13.5 Å². The van der Waals surface area contributed by atoms with Crippen molar-refractivity contribution in [3.63, 3.8) is 0 Å². The summed E-state index contributed by atoms with van der Waals surface area (Å²) < 4.78 is 5.00. The van der Waals surface area contributed by atoms with Crippen LogP contribution >= 0.6 is 0 Å². The molecule has 0 fully saturated rings. The number of rotatable bonds is 7. The van der Waals surface area contributed by atoms with Gasteiger partial charge in [-0.1, -0.05) is 48.5 Å². The molecule has 0 unspecified atom stereocenters. The Morgan fingerprint density at radius 3 is 2.35 bits per heavy atom. The van der Waals surface area contributed by atoms with Gasteiger partial charge in [0.1, 0.15) is 5.75 Å². The molecule has 6 nitrogen and oxygen atoms in total. The van der Waals surface area contributed by atoms with Crippen LogP contribution < -0.4 is 15.4 Å². The molecular formula is C25H22N2O4. The zero-order chi connectivity index (χ0) is 22.1. The molecule has 0 heterocycles. The molecule has 0 aromatic heterocycles. The van der Waals surface area contributed by atoms with Crippen LogP contribution in [0.5, 0.6) is 5.75 Å². The Bertz CT molecular complexity index is 1090. The fourth-order valence-corrected chi connectivity index (χ4v) is 2.76. The third-order valence-electron chi connectivity index (χ3n) is 4.26. The van der Waals surface area contributed by atoms with E-state index < -0.39 is 5.97 Å². The topological polar surface area (TPSA) is 84.5 Å². The van der Waals surface area contributed by atoms with Gasteiger partial charge in [-0.05, 0) is 47.5 Å². The molecule has 156 valence electrons. The maximum Gasteiger partial charge on any atom is 0.308 e. The Morgan fingerprint density at radius 1 is 0.903 bits per heavy atom. The molecule has 0 spiro atoms. The quantitative estimate of drug-likeness (QED) is 0.345. The summed E-state index contributed by atoms with van der Waals surface area (Å²) in [5.74, 6) is -0.640. The monoisotopic (exact) mass is 414 g/mol. The molecule has 3 rings (SSSR count). The van der Waals surface area contributed by atoms with E-state index in [0.29, 0.717) is 23.5 Å². The van der Waals surface area contributed by atoms with Crippen LogP contribution in [0.2, 0.25) is 0 Å². The zero-order valence-corrected chi connectivity index (χ0v) is 17.0. The van der Waals surface area contributed by atoms with Crippen LogP contribution in [0.25, 0.3) is 6.08 Å². The minimum Gasteiger partial charge on any atom is -0.427 e. The van der Waals surface area contributed by atoms with E-state index in [4.69, 9.17) is 4.74 Å². The van der Waals surface area contributed by atoms with Crippen molar-refractivity contribution >= 4 is 29.5 Å². The molecule has 2 amide bonds. The average molecular weight is 414 g/mol. The number of ether oxygens (including phenoxy) is 1. The SMILES string of the molecule is CC(=O)Oc1cccc(C(=O)Nc2ccc(CNC(=O)/C=C/c3ccccc3)cc2)c1. The van der Waals surface area contributed by atoms with E-state index in [1.807, 2.05) is 42.5 Å². The number of carbonyl (C=O) groups is 3. The molecule has 0 bridgehead atoms. The number of hydrogen-bond donors (Lipinski definition) is 2. The van der Waals surface area contributed by atoms with Gasteiger partial charge in [-0.3, -0.25) is 14.4 Å². The molecular weight excluding hydrogens is 392 g/mol. The molecule has 2 N–H and O–H groups in total. The third kappa shape index (κ3) is 6.97. The second-order valence-corrected chi connectivity index (χ2v) is 6.73. The highest BCUT2D eigenvalue weighted by Crippen LogP contribution is 2.16. The van der Waals surface area contributed by atoms with Crippen molar-refractivity contribution in [3.05, 3.63) is 102 Å². The summed E-state index contributed by atoms with van der Waals surface area (Å²) in [5, 5.41) is 5.61. The number of anilines is 1. The van der Waals surface area contributed by atoms with Gasteiger partial charge in [0, 0.05) is 30.8 Å². The van der Waals surface area contributed by atoms with Crippen LogP contribution in [0.1, 0.15) is 28.4 Å².